The summed E-state index contributed by atoms with van der Waals surface area (Å²) in [4.78, 5) is 0. The third-order valence-corrected chi connectivity index (χ3v) is 3.19. The minimum absolute atomic E-state index is 0.139. The first-order valence-corrected chi connectivity index (χ1v) is 7.71. The van der Waals surface area contributed by atoms with Gasteiger partial charge in [0.05, 0.1) is 6.10 Å². The first-order valence-electron chi connectivity index (χ1n) is 7.71. The van der Waals surface area contributed by atoms with Crippen molar-refractivity contribution in [3.05, 3.63) is 12.2 Å². The van der Waals surface area contributed by atoms with Gasteiger partial charge in [0.1, 0.15) is 0 Å². The zero-order chi connectivity index (χ0) is 13.5. The number of unbranched alkanes of at least 4 members (excludes halogenated alkanes) is 8. The van der Waals surface area contributed by atoms with Gasteiger partial charge in [0, 0.05) is 6.61 Å². The van der Waals surface area contributed by atoms with E-state index in [2.05, 4.69) is 12.2 Å². The lowest BCUT2D eigenvalue weighted by Gasteiger charge is -2.01. The van der Waals surface area contributed by atoms with Gasteiger partial charge >= 0.3 is 0 Å². The zero-order valence-electron chi connectivity index (χ0n) is 12.1. The first kappa shape index (κ1) is 17.7. The molecular formula is C16H32O2. The van der Waals surface area contributed by atoms with Gasteiger partial charge in [-0.3, -0.25) is 0 Å². The summed E-state index contributed by atoms with van der Waals surface area (Å²) in [6, 6.07) is 0. The summed E-state index contributed by atoms with van der Waals surface area (Å²) in [6.07, 6.45) is 17.4. The normalized spacial score (nSPS) is 13.3. The number of hydrogen-bond acceptors (Lipinski definition) is 2. The Labute approximate surface area is 113 Å². The minimum atomic E-state index is -0.139. The van der Waals surface area contributed by atoms with Gasteiger partial charge in [-0.05, 0) is 45.4 Å². The largest absolute Gasteiger partial charge is 0.396 e. The van der Waals surface area contributed by atoms with Crippen LogP contribution in [0.15, 0.2) is 12.2 Å². The molecule has 0 radical (unpaired) electrons. The Bertz CT molecular complexity index is 176. The number of rotatable bonds is 13. The Morgan fingerprint density at radius 2 is 1.28 bits per heavy atom. The van der Waals surface area contributed by atoms with E-state index in [1.165, 1.54) is 44.9 Å². The van der Waals surface area contributed by atoms with E-state index in [1.54, 1.807) is 0 Å². The summed E-state index contributed by atoms with van der Waals surface area (Å²) in [6.45, 7) is 2.20. The van der Waals surface area contributed by atoms with Gasteiger partial charge < -0.3 is 10.2 Å². The van der Waals surface area contributed by atoms with Crippen LogP contribution in [0.1, 0.15) is 77.6 Å². The topological polar surface area (TPSA) is 40.5 Å². The van der Waals surface area contributed by atoms with Crippen molar-refractivity contribution in [2.45, 2.75) is 83.7 Å². The van der Waals surface area contributed by atoms with Crippen LogP contribution in [-0.4, -0.2) is 22.9 Å². The average Bonchev–Trinajstić information content (AvgIpc) is 2.34. The quantitative estimate of drug-likeness (QED) is 0.383. The number of aliphatic hydroxyl groups excluding tert-OH is 2. The summed E-state index contributed by atoms with van der Waals surface area (Å²) in [7, 11) is 0. The molecule has 0 fully saturated rings. The van der Waals surface area contributed by atoms with Crippen LogP contribution in [-0.2, 0) is 0 Å². The smallest absolute Gasteiger partial charge is 0.0512 e. The number of aliphatic hydroxyl groups is 2. The Morgan fingerprint density at radius 1 is 0.778 bits per heavy atom. The predicted octanol–water partition coefficient (Wildman–Crippen LogP) is 4.21. The minimum Gasteiger partial charge on any atom is -0.396 e. The monoisotopic (exact) mass is 256 g/mol. The van der Waals surface area contributed by atoms with Crippen LogP contribution in [0.4, 0.5) is 0 Å². The molecule has 2 heteroatoms. The van der Waals surface area contributed by atoms with Crippen molar-refractivity contribution in [2.75, 3.05) is 6.61 Å². The second kappa shape index (κ2) is 14.7. The molecule has 18 heavy (non-hydrogen) atoms. The van der Waals surface area contributed by atoms with Crippen LogP contribution < -0.4 is 0 Å². The molecule has 0 spiro atoms. The molecule has 1 atom stereocenters. The lowest BCUT2D eigenvalue weighted by atomic mass is 10.1. The van der Waals surface area contributed by atoms with Gasteiger partial charge in [-0.1, -0.05) is 44.3 Å². The summed E-state index contributed by atoms with van der Waals surface area (Å²) in [5.74, 6) is 0. The highest BCUT2D eigenvalue weighted by Gasteiger charge is 1.93. The molecule has 0 amide bonds. The van der Waals surface area contributed by atoms with Crippen LogP contribution in [0, 0.1) is 0 Å². The Hall–Kier alpha value is -0.340. The maximum Gasteiger partial charge on any atom is 0.0512 e. The SMILES string of the molecule is C[C@@H](O)CCCC/C=C/CCCCCCCCO. The molecule has 2 nitrogen and oxygen atoms in total. The molecule has 0 saturated carbocycles. The second-order valence-electron chi connectivity index (χ2n) is 5.24. The molecule has 0 aromatic rings. The van der Waals surface area contributed by atoms with Gasteiger partial charge in [0.2, 0.25) is 0 Å². The molecule has 0 unspecified atom stereocenters. The van der Waals surface area contributed by atoms with E-state index < -0.39 is 0 Å². The predicted molar refractivity (Wildman–Crippen MR) is 78.7 cm³/mol. The van der Waals surface area contributed by atoms with Crippen molar-refractivity contribution >= 4 is 0 Å². The average molecular weight is 256 g/mol. The van der Waals surface area contributed by atoms with E-state index in [0.717, 1.165) is 25.7 Å². The number of hydrogen-bond donors (Lipinski definition) is 2. The Kier molecular flexibility index (Phi) is 14.4. The Morgan fingerprint density at radius 3 is 1.83 bits per heavy atom. The highest BCUT2D eigenvalue weighted by Crippen LogP contribution is 2.08. The maximum atomic E-state index is 9.10. The standard InChI is InChI=1S/C16H32O2/c1-16(18)14-12-10-8-6-4-2-3-5-7-9-11-13-15-17/h4,6,16-18H,2-3,5,7-15H2,1H3/b6-4+/t16-/m1/s1. The molecule has 0 heterocycles. The molecule has 0 aliphatic rings. The molecule has 0 rings (SSSR count). The van der Waals surface area contributed by atoms with Crippen LogP contribution in [0.3, 0.4) is 0 Å². The maximum absolute atomic E-state index is 9.10. The molecule has 0 saturated heterocycles. The second-order valence-corrected chi connectivity index (χ2v) is 5.24. The number of allylic oxidation sites excluding steroid dienone is 2. The van der Waals surface area contributed by atoms with Gasteiger partial charge in [0.15, 0.2) is 0 Å². The molecule has 0 bridgehead atoms. The van der Waals surface area contributed by atoms with Gasteiger partial charge in [-0.25, -0.2) is 0 Å². The highest BCUT2D eigenvalue weighted by atomic mass is 16.3. The van der Waals surface area contributed by atoms with Gasteiger partial charge in [-0.2, -0.15) is 0 Å². The van der Waals surface area contributed by atoms with Crippen LogP contribution in [0.2, 0.25) is 0 Å². The third kappa shape index (κ3) is 15.7. The van der Waals surface area contributed by atoms with Crippen molar-refractivity contribution in [1.29, 1.82) is 0 Å². The van der Waals surface area contributed by atoms with Crippen LogP contribution >= 0.6 is 0 Å². The van der Waals surface area contributed by atoms with E-state index in [0.29, 0.717) is 6.61 Å². The third-order valence-electron chi connectivity index (χ3n) is 3.19. The molecule has 2 N–H and O–H groups in total. The van der Waals surface area contributed by atoms with Crippen molar-refractivity contribution in [3.63, 3.8) is 0 Å². The van der Waals surface area contributed by atoms with Crippen molar-refractivity contribution < 1.29 is 10.2 Å². The van der Waals surface area contributed by atoms with E-state index >= 15 is 0 Å². The van der Waals surface area contributed by atoms with Crippen molar-refractivity contribution in [1.82, 2.24) is 0 Å². The van der Waals surface area contributed by atoms with Crippen LogP contribution in [0.25, 0.3) is 0 Å². The summed E-state index contributed by atoms with van der Waals surface area (Å²) >= 11 is 0. The zero-order valence-corrected chi connectivity index (χ0v) is 12.1. The van der Waals surface area contributed by atoms with Gasteiger partial charge in [0.25, 0.3) is 0 Å². The van der Waals surface area contributed by atoms with E-state index in [4.69, 9.17) is 10.2 Å². The molecule has 0 aromatic carbocycles. The fraction of sp³-hybridized carbons (Fsp3) is 0.875. The molecule has 0 aliphatic carbocycles. The molecule has 108 valence electrons. The van der Waals surface area contributed by atoms with E-state index in [1.807, 2.05) is 6.92 Å². The molecule has 0 aliphatic heterocycles. The first-order chi connectivity index (χ1) is 8.77. The molecule has 0 aromatic heterocycles. The van der Waals surface area contributed by atoms with E-state index in [9.17, 15) is 0 Å². The van der Waals surface area contributed by atoms with Crippen molar-refractivity contribution in [3.8, 4) is 0 Å². The summed E-state index contributed by atoms with van der Waals surface area (Å²) in [5, 5.41) is 17.7. The summed E-state index contributed by atoms with van der Waals surface area (Å²) < 4.78 is 0. The lowest BCUT2D eigenvalue weighted by molar-refractivity contribution is 0.181. The Balaban J connectivity index is 3.04. The fourth-order valence-electron chi connectivity index (χ4n) is 2.02. The fourth-order valence-corrected chi connectivity index (χ4v) is 2.02. The highest BCUT2D eigenvalue weighted by molar-refractivity contribution is 4.81. The summed E-state index contributed by atoms with van der Waals surface area (Å²) in [5.41, 5.74) is 0. The van der Waals surface area contributed by atoms with Crippen LogP contribution in [0.5, 0.6) is 0 Å². The lowest BCUT2D eigenvalue weighted by Crippen LogP contribution is -1.97. The molecular weight excluding hydrogens is 224 g/mol. The van der Waals surface area contributed by atoms with E-state index in [-0.39, 0.29) is 6.10 Å². The van der Waals surface area contributed by atoms with Crippen molar-refractivity contribution in [2.24, 2.45) is 0 Å². The van der Waals surface area contributed by atoms with Gasteiger partial charge in [-0.15, -0.1) is 0 Å².